The van der Waals surface area contributed by atoms with Gasteiger partial charge in [-0.2, -0.15) is 13.2 Å². The normalized spacial score (nSPS) is 21.1. The lowest BCUT2D eigenvalue weighted by Crippen LogP contribution is -2.41. The highest BCUT2D eigenvalue weighted by atomic mass is 19.4. The molecule has 130 valence electrons. The van der Waals surface area contributed by atoms with Crippen molar-refractivity contribution in [3.05, 3.63) is 23.8 Å². The molecule has 1 aromatic rings. The predicted octanol–water partition coefficient (Wildman–Crippen LogP) is 1.96. The molecule has 1 fully saturated rings. The van der Waals surface area contributed by atoms with Crippen LogP contribution in [0.2, 0.25) is 0 Å². The summed E-state index contributed by atoms with van der Waals surface area (Å²) in [6, 6.07) is 5.29. The number of nitrogens with two attached hydrogens (primary N) is 1. The van der Waals surface area contributed by atoms with E-state index in [1.165, 1.54) is 0 Å². The third kappa shape index (κ3) is 3.18. The van der Waals surface area contributed by atoms with E-state index >= 15 is 0 Å². The van der Waals surface area contributed by atoms with Crippen LogP contribution in [0.15, 0.2) is 18.2 Å². The summed E-state index contributed by atoms with van der Waals surface area (Å²) in [6.07, 6.45) is -3.14. The fourth-order valence-corrected chi connectivity index (χ4v) is 3.41. The number of likely N-dealkylation sites (tertiary alicyclic amines) is 1. The number of carbonyl (C=O) groups is 2. The first-order chi connectivity index (χ1) is 11.3. The van der Waals surface area contributed by atoms with Gasteiger partial charge in [0.25, 0.3) is 0 Å². The van der Waals surface area contributed by atoms with Crippen LogP contribution in [0.25, 0.3) is 0 Å². The SMILES string of the molecule is Nc1cccc2c1CCCN2C(=O)C1CC(=O)N(CC(F)(F)F)C1. The van der Waals surface area contributed by atoms with Gasteiger partial charge < -0.3 is 15.5 Å². The first kappa shape index (κ1) is 16.6. The van der Waals surface area contributed by atoms with Gasteiger partial charge in [0.1, 0.15) is 6.54 Å². The second-order valence-electron chi connectivity index (χ2n) is 6.23. The molecule has 3 rings (SSSR count). The Morgan fingerprint density at radius 3 is 2.79 bits per heavy atom. The Hall–Kier alpha value is -2.25. The van der Waals surface area contributed by atoms with Crippen LogP contribution < -0.4 is 10.6 Å². The summed E-state index contributed by atoms with van der Waals surface area (Å²) in [5, 5.41) is 0. The van der Waals surface area contributed by atoms with Crippen molar-refractivity contribution < 1.29 is 22.8 Å². The summed E-state index contributed by atoms with van der Waals surface area (Å²) in [4.78, 5) is 26.8. The van der Waals surface area contributed by atoms with E-state index in [-0.39, 0.29) is 18.9 Å². The quantitative estimate of drug-likeness (QED) is 0.836. The van der Waals surface area contributed by atoms with Gasteiger partial charge in [0.15, 0.2) is 0 Å². The number of hydrogen-bond acceptors (Lipinski definition) is 3. The minimum atomic E-state index is -4.46. The van der Waals surface area contributed by atoms with Crippen molar-refractivity contribution in [2.45, 2.75) is 25.4 Å². The number of fused-ring (bicyclic) bond motifs is 1. The number of nitrogens with zero attached hydrogens (tertiary/aromatic N) is 2. The van der Waals surface area contributed by atoms with Crippen LogP contribution in [0, 0.1) is 5.92 Å². The number of nitrogen functional groups attached to an aromatic ring is 1. The van der Waals surface area contributed by atoms with Crippen LogP contribution in [0.3, 0.4) is 0 Å². The number of alkyl halides is 3. The average molecular weight is 341 g/mol. The molecule has 8 heteroatoms. The molecule has 0 spiro atoms. The molecule has 0 saturated carbocycles. The van der Waals surface area contributed by atoms with E-state index in [1.807, 2.05) is 0 Å². The Morgan fingerprint density at radius 1 is 1.33 bits per heavy atom. The van der Waals surface area contributed by atoms with Crippen molar-refractivity contribution in [1.29, 1.82) is 0 Å². The first-order valence-corrected chi connectivity index (χ1v) is 7.79. The fourth-order valence-electron chi connectivity index (χ4n) is 3.41. The van der Waals surface area contributed by atoms with Crippen LogP contribution in [0.1, 0.15) is 18.4 Å². The second kappa shape index (κ2) is 5.99. The van der Waals surface area contributed by atoms with Crippen molar-refractivity contribution in [2.24, 2.45) is 5.92 Å². The lowest BCUT2D eigenvalue weighted by molar-refractivity contribution is -0.157. The molecule has 2 aliphatic heterocycles. The van der Waals surface area contributed by atoms with Crippen LogP contribution in [-0.4, -0.2) is 42.5 Å². The molecule has 0 radical (unpaired) electrons. The molecule has 0 aromatic heterocycles. The van der Waals surface area contributed by atoms with Gasteiger partial charge in [-0.15, -0.1) is 0 Å². The minimum Gasteiger partial charge on any atom is -0.398 e. The first-order valence-electron chi connectivity index (χ1n) is 7.79. The molecule has 2 heterocycles. The third-order valence-electron chi connectivity index (χ3n) is 4.49. The molecule has 24 heavy (non-hydrogen) atoms. The van der Waals surface area contributed by atoms with Crippen LogP contribution in [0.4, 0.5) is 24.5 Å². The van der Waals surface area contributed by atoms with Crippen molar-refractivity contribution in [2.75, 3.05) is 30.3 Å². The maximum atomic E-state index is 12.8. The van der Waals surface area contributed by atoms with Gasteiger partial charge in [-0.1, -0.05) is 6.07 Å². The van der Waals surface area contributed by atoms with E-state index in [4.69, 9.17) is 5.73 Å². The molecule has 1 aromatic carbocycles. The minimum absolute atomic E-state index is 0.178. The lowest BCUT2D eigenvalue weighted by atomic mass is 9.97. The van der Waals surface area contributed by atoms with Gasteiger partial charge in [0.05, 0.1) is 5.92 Å². The van der Waals surface area contributed by atoms with Crippen molar-refractivity contribution in [3.63, 3.8) is 0 Å². The highest BCUT2D eigenvalue weighted by Crippen LogP contribution is 2.34. The Labute approximate surface area is 137 Å². The van der Waals surface area contributed by atoms with E-state index in [2.05, 4.69) is 0 Å². The highest BCUT2D eigenvalue weighted by molar-refractivity contribution is 6.00. The van der Waals surface area contributed by atoms with Crippen molar-refractivity contribution in [1.82, 2.24) is 4.90 Å². The summed E-state index contributed by atoms with van der Waals surface area (Å²) >= 11 is 0. The third-order valence-corrected chi connectivity index (χ3v) is 4.49. The van der Waals surface area contributed by atoms with Gasteiger partial charge in [-0.05, 0) is 30.5 Å². The number of benzene rings is 1. The second-order valence-corrected chi connectivity index (χ2v) is 6.23. The standard InChI is InChI=1S/C16H18F3N3O2/c17-16(18,19)9-21-8-10(7-14(21)23)15(24)22-6-2-3-11-12(20)4-1-5-13(11)22/h1,4-5,10H,2-3,6-9,20H2. The van der Waals surface area contributed by atoms with Gasteiger partial charge in [-0.3, -0.25) is 9.59 Å². The Balaban J connectivity index is 1.77. The molecule has 0 bridgehead atoms. The molecule has 2 N–H and O–H groups in total. The van der Waals surface area contributed by atoms with E-state index in [9.17, 15) is 22.8 Å². The van der Waals surface area contributed by atoms with Gasteiger partial charge in [0, 0.05) is 30.9 Å². The number of hydrogen-bond donors (Lipinski definition) is 1. The van der Waals surface area contributed by atoms with Gasteiger partial charge in [-0.25, -0.2) is 0 Å². The molecule has 2 aliphatic rings. The van der Waals surface area contributed by atoms with Crippen LogP contribution in [-0.2, 0) is 16.0 Å². The molecule has 0 aliphatic carbocycles. The summed E-state index contributed by atoms with van der Waals surface area (Å²) in [6.45, 7) is -1.01. The van der Waals surface area contributed by atoms with Crippen molar-refractivity contribution in [3.8, 4) is 0 Å². The lowest BCUT2D eigenvalue weighted by Gasteiger charge is -2.32. The Kier molecular flexibility index (Phi) is 4.15. The number of rotatable bonds is 2. The Morgan fingerprint density at radius 2 is 2.08 bits per heavy atom. The summed E-state index contributed by atoms with van der Waals surface area (Å²) in [5.41, 5.74) is 8.13. The number of anilines is 2. The Bertz CT molecular complexity index is 675. The molecular formula is C16H18F3N3O2. The van der Waals surface area contributed by atoms with Crippen LogP contribution in [0.5, 0.6) is 0 Å². The maximum absolute atomic E-state index is 12.8. The monoisotopic (exact) mass is 341 g/mol. The molecule has 5 nitrogen and oxygen atoms in total. The molecule has 1 unspecified atom stereocenters. The van der Waals surface area contributed by atoms with E-state index in [0.29, 0.717) is 22.8 Å². The highest BCUT2D eigenvalue weighted by Gasteiger charge is 2.42. The number of carbonyl (C=O) groups excluding carboxylic acids is 2. The molecule has 1 atom stereocenters. The molecule has 1 saturated heterocycles. The summed E-state index contributed by atoms with van der Waals surface area (Å²) < 4.78 is 37.5. The van der Waals surface area contributed by atoms with E-state index < -0.39 is 24.5 Å². The number of amides is 2. The zero-order valence-corrected chi connectivity index (χ0v) is 13.0. The smallest absolute Gasteiger partial charge is 0.398 e. The van der Waals surface area contributed by atoms with Crippen LogP contribution >= 0.6 is 0 Å². The van der Waals surface area contributed by atoms with E-state index in [1.54, 1.807) is 23.1 Å². The summed E-state index contributed by atoms with van der Waals surface area (Å²) in [7, 11) is 0. The molecular weight excluding hydrogens is 323 g/mol. The number of halogens is 3. The van der Waals surface area contributed by atoms with E-state index in [0.717, 1.165) is 18.4 Å². The zero-order chi connectivity index (χ0) is 17.5. The molecule has 2 amide bonds. The van der Waals surface area contributed by atoms with Crippen molar-refractivity contribution >= 4 is 23.2 Å². The largest absolute Gasteiger partial charge is 0.406 e. The summed E-state index contributed by atoms with van der Waals surface area (Å²) in [5.74, 6) is -1.68. The van der Waals surface area contributed by atoms with Gasteiger partial charge >= 0.3 is 6.18 Å². The average Bonchev–Trinajstić information content (AvgIpc) is 2.86. The fraction of sp³-hybridized carbons (Fsp3) is 0.500. The zero-order valence-electron chi connectivity index (χ0n) is 13.0. The predicted molar refractivity (Wildman–Crippen MR) is 82.3 cm³/mol. The maximum Gasteiger partial charge on any atom is 0.406 e. The topological polar surface area (TPSA) is 66.6 Å². The van der Waals surface area contributed by atoms with Gasteiger partial charge in [0.2, 0.25) is 11.8 Å².